The lowest BCUT2D eigenvalue weighted by Crippen LogP contribution is -2.58. The molecule has 2 aliphatic rings. The quantitative estimate of drug-likeness (QED) is 0.541. The number of nitrogens with zero attached hydrogens (tertiary/aromatic N) is 1. The number of hydrogen-bond acceptors (Lipinski definition) is 3. The maximum Gasteiger partial charge on any atom is 0.522 e. The van der Waals surface area contributed by atoms with Crippen LogP contribution in [-0.2, 0) is 20.2 Å². The van der Waals surface area contributed by atoms with E-state index in [1.54, 1.807) is 12.1 Å². The minimum Gasteiger partial charge on any atom is -0.287 e. The van der Waals surface area contributed by atoms with E-state index in [4.69, 9.17) is 0 Å². The van der Waals surface area contributed by atoms with Gasteiger partial charge in [-0.1, -0.05) is 67.3 Å². The maximum absolute atomic E-state index is 13.6. The van der Waals surface area contributed by atoms with Crippen molar-refractivity contribution in [2.45, 2.75) is 68.2 Å². The highest BCUT2D eigenvalue weighted by molar-refractivity contribution is 7.89. The molecule has 1 aliphatic heterocycles. The second kappa shape index (κ2) is 9.39. The number of sulfonamides is 1. The van der Waals surface area contributed by atoms with Crippen LogP contribution in [0.1, 0.15) is 49.7 Å². The third-order valence-corrected chi connectivity index (χ3v) is 8.98. The van der Waals surface area contributed by atoms with Gasteiger partial charge in [0.1, 0.15) is 0 Å². The summed E-state index contributed by atoms with van der Waals surface area (Å²) in [4.78, 5) is 0.0892. The lowest BCUT2D eigenvalue weighted by molar-refractivity contribution is -0.347. The van der Waals surface area contributed by atoms with Gasteiger partial charge in [-0.05, 0) is 49.8 Å². The molecular weight excluding hydrogens is 451 g/mol. The Hall–Kier alpha value is -1.90. The van der Waals surface area contributed by atoms with E-state index in [1.807, 2.05) is 37.3 Å². The van der Waals surface area contributed by atoms with Crippen LogP contribution in [0.5, 0.6) is 0 Å². The summed E-state index contributed by atoms with van der Waals surface area (Å²) in [5, 5.41) is 0. The fourth-order valence-electron chi connectivity index (χ4n) is 5.62. The van der Waals surface area contributed by atoms with Crippen LogP contribution in [0.4, 0.5) is 13.2 Å². The molecule has 2 aromatic carbocycles. The smallest absolute Gasteiger partial charge is 0.287 e. The zero-order chi connectivity index (χ0) is 23.7. The van der Waals surface area contributed by atoms with E-state index in [0.29, 0.717) is 0 Å². The lowest BCUT2D eigenvalue weighted by Gasteiger charge is -2.51. The fourth-order valence-corrected chi connectivity index (χ4v) is 7.16. The van der Waals surface area contributed by atoms with Crippen molar-refractivity contribution in [3.8, 4) is 0 Å². The van der Waals surface area contributed by atoms with Gasteiger partial charge in [0, 0.05) is 18.5 Å². The average Bonchev–Trinajstić information content (AvgIpc) is 2.79. The molecule has 4 nitrogen and oxygen atoms in total. The number of rotatable bonds is 5. The highest BCUT2D eigenvalue weighted by Gasteiger charge is 2.51. The van der Waals surface area contributed by atoms with Gasteiger partial charge >= 0.3 is 6.36 Å². The van der Waals surface area contributed by atoms with Gasteiger partial charge in [-0.2, -0.15) is 4.31 Å². The molecule has 1 saturated heterocycles. The van der Waals surface area contributed by atoms with Crippen molar-refractivity contribution in [2.24, 2.45) is 5.92 Å². The van der Waals surface area contributed by atoms with Gasteiger partial charge < -0.3 is 0 Å². The van der Waals surface area contributed by atoms with Gasteiger partial charge in [0.25, 0.3) is 0 Å². The van der Waals surface area contributed by atoms with E-state index in [9.17, 15) is 21.6 Å². The van der Waals surface area contributed by atoms with Crippen molar-refractivity contribution < 1.29 is 26.3 Å². The first-order chi connectivity index (χ1) is 15.6. The van der Waals surface area contributed by atoms with Crippen LogP contribution in [0, 0.1) is 12.8 Å². The molecule has 0 N–H and O–H groups in total. The maximum atomic E-state index is 13.6. The largest absolute Gasteiger partial charge is 0.522 e. The molecule has 1 unspecified atom stereocenters. The number of alkyl halides is 3. The molecule has 1 heterocycles. The van der Waals surface area contributed by atoms with Crippen molar-refractivity contribution in [1.29, 1.82) is 0 Å². The van der Waals surface area contributed by atoms with Gasteiger partial charge in [-0.3, -0.25) is 4.74 Å². The Morgan fingerprint density at radius 3 is 2.21 bits per heavy atom. The van der Waals surface area contributed by atoms with E-state index in [2.05, 4.69) is 4.74 Å². The predicted molar refractivity (Wildman–Crippen MR) is 120 cm³/mol. The summed E-state index contributed by atoms with van der Waals surface area (Å²) in [7, 11) is -4.00. The van der Waals surface area contributed by atoms with Gasteiger partial charge in [-0.25, -0.2) is 8.42 Å². The van der Waals surface area contributed by atoms with Gasteiger partial charge in [0.05, 0.1) is 11.0 Å². The molecule has 0 spiro atoms. The Morgan fingerprint density at radius 2 is 1.61 bits per heavy atom. The van der Waals surface area contributed by atoms with Crippen LogP contribution in [0.25, 0.3) is 0 Å². The molecule has 2 aromatic rings. The van der Waals surface area contributed by atoms with Crippen LogP contribution in [0.15, 0.2) is 59.5 Å². The molecule has 2 fully saturated rings. The molecular formula is C25H30F3NO3S. The van der Waals surface area contributed by atoms with E-state index in [0.717, 1.165) is 43.2 Å². The van der Waals surface area contributed by atoms with Crippen LogP contribution >= 0.6 is 0 Å². The van der Waals surface area contributed by atoms with Crippen molar-refractivity contribution >= 4 is 10.0 Å². The summed E-state index contributed by atoms with van der Waals surface area (Å²) >= 11 is 0. The zero-order valence-electron chi connectivity index (χ0n) is 18.7. The standard InChI is InChI=1S/C25H30F3NO3S/c1-19-12-14-23(15-13-19)33(30,31)29-17-22(32-25(26,27)28)16-24(18-29,20-8-4-2-5-9-20)21-10-6-3-7-11-21/h2,4-5,8-9,12-15,21-22H,3,6-7,10-11,16-18H2,1H3/t22?,24-/m0/s1. The number of hydrogen-bond donors (Lipinski definition) is 0. The highest BCUT2D eigenvalue weighted by atomic mass is 32.2. The number of halogens is 3. The molecule has 33 heavy (non-hydrogen) atoms. The second-order valence-electron chi connectivity index (χ2n) is 9.36. The Bertz CT molecular complexity index is 1030. The molecule has 1 aliphatic carbocycles. The molecule has 0 aromatic heterocycles. The minimum absolute atomic E-state index is 0.0870. The zero-order valence-corrected chi connectivity index (χ0v) is 19.5. The molecule has 180 valence electrons. The van der Waals surface area contributed by atoms with Gasteiger partial charge in [0.2, 0.25) is 10.0 Å². The molecule has 0 amide bonds. The highest BCUT2D eigenvalue weighted by Crippen LogP contribution is 2.48. The van der Waals surface area contributed by atoms with Crippen LogP contribution in [0.2, 0.25) is 0 Å². The van der Waals surface area contributed by atoms with Crippen molar-refractivity contribution in [1.82, 2.24) is 4.31 Å². The number of piperidine rings is 1. The second-order valence-corrected chi connectivity index (χ2v) is 11.3. The SMILES string of the molecule is Cc1ccc(S(=O)(=O)N2CC(OC(F)(F)F)C[C@](c3ccccc3)(C3CCCCC3)C2)cc1. The molecule has 0 radical (unpaired) electrons. The molecule has 4 rings (SSSR count). The first-order valence-corrected chi connectivity index (χ1v) is 12.9. The van der Waals surface area contributed by atoms with E-state index in [1.165, 1.54) is 16.4 Å². The molecule has 0 bridgehead atoms. The van der Waals surface area contributed by atoms with E-state index < -0.39 is 27.9 Å². The van der Waals surface area contributed by atoms with Crippen LogP contribution in [-0.4, -0.2) is 38.3 Å². The Labute approximate surface area is 193 Å². The summed E-state index contributed by atoms with van der Waals surface area (Å²) in [5.74, 6) is 0.0870. The van der Waals surface area contributed by atoms with E-state index >= 15 is 0 Å². The minimum atomic E-state index is -4.84. The third-order valence-electron chi connectivity index (χ3n) is 7.15. The number of ether oxygens (including phenoxy) is 1. The summed E-state index contributed by atoms with van der Waals surface area (Å²) in [6.45, 7) is 1.68. The number of aryl methyl sites for hydroxylation is 1. The Balaban J connectivity index is 1.80. The van der Waals surface area contributed by atoms with Gasteiger partial charge in [-0.15, -0.1) is 13.2 Å². The lowest BCUT2D eigenvalue weighted by atomic mass is 9.61. The van der Waals surface area contributed by atoms with Gasteiger partial charge in [0.15, 0.2) is 0 Å². The summed E-state index contributed by atoms with van der Waals surface area (Å²) < 4.78 is 73.0. The monoisotopic (exact) mass is 481 g/mol. The van der Waals surface area contributed by atoms with E-state index in [-0.39, 0.29) is 30.3 Å². The van der Waals surface area contributed by atoms with Crippen LogP contribution in [0.3, 0.4) is 0 Å². The van der Waals surface area contributed by atoms with Crippen molar-refractivity contribution in [3.63, 3.8) is 0 Å². The molecule has 1 saturated carbocycles. The first kappa shape index (κ1) is 24.2. The normalized spacial score (nSPS) is 25.8. The topological polar surface area (TPSA) is 46.6 Å². The van der Waals surface area contributed by atoms with Crippen LogP contribution < -0.4 is 0 Å². The third kappa shape index (κ3) is 5.28. The average molecular weight is 482 g/mol. The summed E-state index contributed by atoms with van der Waals surface area (Å²) in [5.41, 5.74) is 1.05. The Kier molecular flexibility index (Phi) is 6.90. The van der Waals surface area contributed by atoms with Crippen molar-refractivity contribution in [2.75, 3.05) is 13.1 Å². The number of benzene rings is 2. The Morgan fingerprint density at radius 1 is 0.970 bits per heavy atom. The molecule has 8 heteroatoms. The summed E-state index contributed by atoms with van der Waals surface area (Å²) in [6.07, 6.45) is -1.16. The summed E-state index contributed by atoms with van der Waals surface area (Å²) in [6, 6.07) is 15.9. The fraction of sp³-hybridized carbons (Fsp3) is 0.520. The molecule has 2 atom stereocenters. The predicted octanol–water partition coefficient (Wildman–Crippen LogP) is 5.81. The van der Waals surface area contributed by atoms with Crippen molar-refractivity contribution in [3.05, 3.63) is 65.7 Å². The first-order valence-electron chi connectivity index (χ1n) is 11.5.